The summed E-state index contributed by atoms with van der Waals surface area (Å²) in [6.45, 7) is 8.02. The number of thiazole rings is 1. The zero-order valence-corrected chi connectivity index (χ0v) is 12.5. The molecule has 2 heterocycles. The van der Waals surface area contributed by atoms with Crippen LogP contribution in [0.3, 0.4) is 0 Å². The van der Waals surface area contributed by atoms with E-state index < -0.39 is 0 Å². The largest absolute Gasteiger partial charge is 0.324 e. The van der Waals surface area contributed by atoms with Crippen LogP contribution in [0.1, 0.15) is 39.9 Å². The highest BCUT2D eigenvalue weighted by molar-refractivity contribution is 7.11. The van der Waals surface area contributed by atoms with Crippen molar-refractivity contribution < 1.29 is 0 Å². The molecule has 5 heteroatoms. The second-order valence-electron chi connectivity index (χ2n) is 5.29. The first-order valence-corrected chi connectivity index (χ1v) is 7.62. The van der Waals surface area contributed by atoms with E-state index in [1.165, 1.54) is 28.4 Å². The van der Waals surface area contributed by atoms with Crippen molar-refractivity contribution in [3.8, 4) is 0 Å². The molecule has 0 bridgehead atoms. The van der Waals surface area contributed by atoms with E-state index in [9.17, 15) is 0 Å². The molecule has 0 unspecified atom stereocenters. The molecule has 2 aromatic rings. The van der Waals surface area contributed by atoms with Gasteiger partial charge in [0.15, 0.2) is 0 Å². The van der Waals surface area contributed by atoms with Crippen LogP contribution in [-0.2, 0) is 13.1 Å². The van der Waals surface area contributed by atoms with E-state index in [-0.39, 0.29) is 0 Å². The molecule has 0 atom stereocenters. The number of nitrogens with zero attached hydrogens (tertiary/aromatic N) is 3. The Morgan fingerprint density at radius 1 is 1.37 bits per heavy atom. The van der Waals surface area contributed by atoms with Crippen LogP contribution in [0.5, 0.6) is 0 Å². The number of aromatic nitrogens is 3. The predicted octanol–water partition coefficient (Wildman–Crippen LogP) is 2.57. The Hall–Kier alpha value is -1.20. The van der Waals surface area contributed by atoms with E-state index >= 15 is 0 Å². The topological polar surface area (TPSA) is 42.7 Å². The maximum absolute atomic E-state index is 4.62. The van der Waals surface area contributed by atoms with Gasteiger partial charge in [0, 0.05) is 23.7 Å². The van der Waals surface area contributed by atoms with Gasteiger partial charge in [0.1, 0.15) is 10.8 Å². The maximum atomic E-state index is 4.62. The van der Waals surface area contributed by atoms with Crippen molar-refractivity contribution in [1.82, 2.24) is 19.9 Å². The molecule has 1 saturated carbocycles. The molecule has 0 amide bonds. The van der Waals surface area contributed by atoms with Crippen molar-refractivity contribution in [2.75, 3.05) is 0 Å². The van der Waals surface area contributed by atoms with Gasteiger partial charge in [-0.05, 0) is 33.6 Å². The molecule has 1 fully saturated rings. The smallest absolute Gasteiger partial charge is 0.113 e. The van der Waals surface area contributed by atoms with Gasteiger partial charge < -0.3 is 9.88 Å². The third-order valence-corrected chi connectivity index (χ3v) is 4.71. The van der Waals surface area contributed by atoms with Gasteiger partial charge in [0.2, 0.25) is 0 Å². The second kappa shape index (κ2) is 5.06. The Balaban J connectivity index is 1.76. The molecule has 19 heavy (non-hydrogen) atoms. The molecule has 0 aliphatic heterocycles. The van der Waals surface area contributed by atoms with Gasteiger partial charge in [-0.15, -0.1) is 11.3 Å². The van der Waals surface area contributed by atoms with E-state index in [4.69, 9.17) is 0 Å². The van der Waals surface area contributed by atoms with Crippen LogP contribution in [0.15, 0.2) is 6.20 Å². The third-order valence-electron chi connectivity index (χ3n) is 3.65. The molecule has 1 aliphatic rings. The van der Waals surface area contributed by atoms with Crippen molar-refractivity contribution in [3.05, 3.63) is 33.3 Å². The lowest BCUT2D eigenvalue weighted by atomic mass is 10.4. The van der Waals surface area contributed by atoms with Gasteiger partial charge in [-0.3, -0.25) is 0 Å². The van der Waals surface area contributed by atoms with Gasteiger partial charge in [-0.25, -0.2) is 9.97 Å². The highest BCUT2D eigenvalue weighted by atomic mass is 32.1. The Labute approximate surface area is 117 Å². The molecule has 0 saturated heterocycles. The van der Waals surface area contributed by atoms with Gasteiger partial charge in [0.05, 0.1) is 17.9 Å². The maximum Gasteiger partial charge on any atom is 0.113 e. The molecule has 102 valence electrons. The van der Waals surface area contributed by atoms with Crippen molar-refractivity contribution in [1.29, 1.82) is 0 Å². The highest BCUT2D eigenvalue weighted by Crippen LogP contribution is 2.21. The van der Waals surface area contributed by atoms with Crippen molar-refractivity contribution >= 4 is 11.3 Å². The molecule has 2 aromatic heterocycles. The van der Waals surface area contributed by atoms with Crippen molar-refractivity contribution in [2.45, 2.75) is 52.7 Å². The lowest BCUT2D eigenvalue weighted by Gasteiger charge is -2.09. The molecule has 0 spiro atoms. The lowest BCUT2D eigenvalue weighted by Crippen LogP contribution is -2.18. The van der Waals surface area contributed by atoms with Crippen molar-refractivity contribution in [2.24, 2.45) is 0 Å². The monoisotopic (exact) mass is 276 g/mol. The summed E-state index contributed by atoms with van der Waals surface area (Å²) in [6.07, 6.45) is 4.62. The summed E-state index contributed by atoms with van der Waals surface area (Å²) < 4.78 is 2.27. The fraction of sp³-hybridized carbons (Fsp3) is 0.571. The summed E-state index contributed by atoms with van der Waals surface area (Å²) in [5.41, 5.74) is 2.41. The number of hydrogen-bond donors (Lipinski definition) is 1. The second-order valence-corrected chi connectivity index (χ2v) is 6.58. The lowest BCUT2D eigenvalue weighted by molar-refractivity contribution is 0.625. The third kappa shape index (κ3) is 2.87. The summed E-state index contributed by atoms with van der Waals surface area (Å²) >= 11 is 1.79. The molecule has 0 radical (unpaired) electrons. The fourth-order valence-corrected chi connectivity index (χ4v) is 3.07. The van der Waals surface area contributed by atoms with Crippen LogP contribution >= 0.6 is 11.3 Å². The zero-order chi connectivity index (χ0) is 13.4. The molecular formula is C14H20N4S. The van der Waals surface area contributed by atoms with Gasteiger partial charge in [0.25, 0.3) is 0 Å². The van der Waals surface area contributed by atoms with E-state index in [0.717, 1.165) is 30.6 Å². The van der Waals surface area contributed by atoms with Gasteiger partial charge >= 0.3 is 0 Å². The molecule has 4 nitrogen and oxygen atoms in total. The summed E-state index contributed by atoms with van der Waals surface area (Å²) in [4.78, 5) is 10.4. The number of hydrogen-bond acceptors (Lipinski definition) is 4. The number of aryl methyl sites for hydroxylation is 3. The normalized spacial score (nSPS) is 15.1. The standard InChI is InChI=1S/C14H20N4S/c1-9-10(2)19-14(17-9)8-18-11(3)15-6-13(18)7-16-12-4-5-12/h6,12,16H,4-5,7-8H2,1-3H3. The average molecular weight is 276 g/mol. The minimum Gasteiger partial charge on any atom is -0.324 e. The predicted molar refractivity (Wildman–Crippen MR) is 77.5 cm³/mol. The Kier molecular flexibility index (Phi) is 3.41. The van der Waals surface area contributed by atoms with Crippen LogP contribution in [-0.4, -0.2) is 20.6 Å². The van der Waals surface area contributed by atoms with E-state index in [0.29, 0.717) is 0 Å². The number of rotatable bonds is 5. The summed E-state index contributed by atoms with van der Waals surface area (Å²) in [5, 5.41) is 4.72. The molecular weight excluding hydrogens is 256 g/mol. The first kappa shape index (κ1) is 12.8. The minimum atomic E-state index is 0.730. The van der Waals surface area contributed by atoms with Crippen LogP contribution in [0.4, 0.5) is 0 Å². The van der Waals surface area contributed by atoms with Gasteiger partial charge in [-0.1, -0.05) is 0 Å². The van der Waals surface area contributed by atoms with Crippen LogP contribution < -0.4 is 5.32 Å². The first-order chi connectivity index (χ1) is 9.13. The molecule has 1 aliphatic carbocycles. The van der Waals surface area contributed by atoms with Gasteiger partial charge in [-0.2, -0.15) is 0 Å². The minimum absolute atomic E-state index is 0.730. The SMILES string of the molecule is Cc1nc(Cn2c(CNC3CC3)cnc2C)sc1C. The van der Waals surface area contributed by atoms with Crippen LogP contribution in [0, 0.1) is 20.8 Å². The summed E-state index contributed by atoms with van der Waals surface area (Å²) in [5.74, 6) is 1.07. The summed E-state index contributed by atoms with van der Waals surface area (Å²) in [6, 6.07) is 0.730. The quantitative estimate of drug-likeness (QED) is 0.912. The molecule has 3 rings (SSSR count). The Morgan fingerprint density at radius 3 is 2.79 bits per heavy atom. The number of nitrogens with one attached hydrogen (secondary N) is 1. The zero-order valence-electron chi connectivity index (χ0n) is 11.7. The fourth-order valence-electron chi connectivity index (χ4n) is 2.15. The van der Waals surface area contributed by atoms with Crippen LogP contribution in [0.25, 0.3) is 0 Å². The summed E-state index contributed by atoms with van der Waals surface area (Å²) in [7, 11) is 0. The van der Waals surface area contributed by atoms with E-state index in [1.54, 1.807) is 11.3 Å². The Bertz CT molecular complexity index is 561. The van der Waals surface area contributed by atoms with E-state index in [2.05, 4.69) is 40.6 Å². The Morgan fingerprint density at radius 2 is 2.16 bits per heavy atom. The van der Waals surface area contributed by atoms with Crippen molar-refractivity contribution in [3.63, 3.8) is 0 Å². The first-order valence-electron chi connectivity index (χ1n) is 6.81. The molecule has 1 N–H and O–H groups in total. The van der Waals surface area contributed by atoms with E-state index in [1.807, 2.05) is 6.20 Å². The van der Waals surface area contributed by atoms with Crippen LogP contribution in [0.2, 0.25) is 0 Å². The average Bonchev–Trinajstić information content (AvgIpc) is 3.07. The molecule has 0 aromatic carbocycles. The highest BCUT2D eigenvalue weighted by Gasteiger charge is 2.21. The number of imidazole rings is 1.